The average molecular weight is 290 g/mol. The Bertz CT molecular complexity index is 484. The molecule has 1 aliphatic heterocycles. The number of nitrogens with zero attached hydrogens (tertiary/aromatic N) is 1. The number of halogens is 1. The molecule has 1 atom stereocenters. The second-order valence-corrected chi connectivity index (χ2v) is 6.40. The molecule has 4 heteroatoms. The maximum Gasteiger partial charge on any atom is 0.236 e. The number of nitrogens with one attached hydrogen (secondary N) is 1. The van der Waals surface area contributed by atoms with Crippen molar-refractivity contribution in [3.05, 3.63) is 35.6 Å². The van der Waals surface area contributed by atoms with Gasteiger partial charge >= 0.3 is 0 Å². The van der Waals surface area contributed by atoms with E-state index in [4.69, 9.17) is 0 Å². The number of carbonyl (C=O) groups is 1. The maximum absolute atomic E-state index is 12.9. The van der Waals surface area contributed by atoms with Crippen LogP contribution in [0.5, 0.6) is 0 Å². The standard InChI is InChI=1S/C17H23FN2O/c18-16-5-3-13(4-6-16)9-15-7-8-20(12-15)17(21)11-19-10-14-1-2-14/h3-6,14-15,19H,1-2,7-12H2. The van der Waals surface area contributed by atoms with E-state index in [1.807, 2.05) is 17.0 Å². The van der Waals surface area contributed by atoms with Crippen LogP contribution in [0.4, 0.5) is 4.39 Å². The van der Waals surface area contributed by atoms with E-state index in [0.29, 0.717) is 12.5 Å². The molecule has 1 N–H and O–H groups in total. The van der Waals surface area contributed by atoms with Gasteiger partial charge in [0.15, 0.2) is 0 Å². The lowest BCUT2D eigenvalue weighted by Crippen LogP contribution is -2.37. The van der Waals surface area contributed by atoms with Crippen LogP contribution in [-0.2, 0) is 11.2 Å². The molecule has 0 radical (unpaired) electrons. The molecule has 0 spiro atoms. The lowest BCUT2D eigenvalue weighted by molar-refractivity contribution is -0.129. The van der Waals surface area contributed by atoms with Crippen LogP contribution >= 0.6 is 0 Å². The van der Waals surface area contributed by atoms with Gasteiger partial charge in [0.1, 0.15) is 5.82 Å². The van der Waals surface area contributed by atoms with Gasteiger partial charge in [-0.25, -0.2) is 4.39 Å². The Morgan fingerprint density at radius 2 is 1.95 bits per heavy atom. The van der Waals surface area contributed by atoms with Gasteiger partial charge < -0.3 is 10.2 Å². The van der Waals surface area contributed by atoms with Crippen LogP contribution in [-0.4, -0.2) is 37.0 Å². The van der Waals surface area contributed by atoms with Crippen LogP contribution in [0.15, 0.2) is 24.3 Å². The molecule has 1 aromatic rings. The molecule has 1 unspecified atom stereocenters. The minimum atomic E-state index is -0.191. The summed E-state index contributed by atoms with van der Waals surface area (Å²) in [6, 6.07) is 6.71. The highest BCUT2D eigenvalue weighted by molar-refractivity contribution is 5.78. The van der Waals surface area contributed by atoms with E-state index in [2.05, 4.69) is 5.32 Å². The number of rotatable bonds is 6. The molecule has 3 rings (SSSR count). The van der Waals surface area contributed by atoms with Crippen molar-refractivity contribution in [3.63, 3.8) is 0 Å². The highest BCUT2D eigenvalue weighted by atomic mass is 19.1. The van der Waals surface area contributed by atoms with Gasteiger partial charge in [-0.2, -0.15) is 0 Å². The molecule has 1 saturated carbocycles. The summed E-state index contributed by atoms with van der Waals surface area (Å²) in [5, 5.41) is 3.26. The summed E-state index contributed by atoms with van der Waals surface area (Å²) in [4.78, 5) is 14.1. The zero-order valence-corrected chi connectivity index (χ0v) is 12.4. The molecular formula is C17H23FN2O. The van der Waals surface area contributed by atoms with Crippen molar-refractivity contribution in [3.8, 4) is 0 Å². The van der Waals surface area contributed by atoms with E-state index in [1.165, 1.54) is 25.0 Å². The SMILES string of the molecule is O=C(CNCC1CC1)N1CCC(Cc2ccc(F)cc2)C1. The molecule has 21 heavy (non-hydrogen) atoms. The van der Waals surface area contributed by atoms with Crippen LogP contribution in [0.25, 0.3) is 0 Å². The van der Waals surface area contributed by atoms with Gasteiger partial charge in [-0.3, -0.25) is 4.79 Å². The topological polar surface area (TPSA) is 32.3 Å². The van der Waals surface area contributed by atoms with Gasteiger partial charge in [0.05, 0.1) is 6.54 Å². The van der Waals surface area contributed by atoms with Crippen molar-refractivity contribution >= 4 is 5.91 Å². The van der Waals surface area contributed by atoms with E-state index >= 15 is 0 Å². The largest absolute Gasteiger partial charge is 0.341 e. The van der Waals surface area contributed by atoms with E-state index in [1.54, 1.807) is 0 Å². The van der Waals surface area contributed by atoms with Gasteiger partial charge in [0.25, 0.3) is 0 Å². The van der Waals surface area contributed by atoms with E-state index < -0.39 is 0 Å². The minimum absolute atomic E-state index is 0.191. The number of hydrogen-bond donors (Lipinski definition) is 1. The van der Waals surface area contributed by atoms with Gasteiger partial charge in [-0.15, -0.1) is 0 Å². The minimum Gasteiger partial charge on any atom is -0.341 e. The lowest BCUT2D eigenvalue weighted by Gasteiger charge is -2.17. The lowest BCUT2D eigenvalue weighted by atomic mass is 9.99. The number of amides is 1. The van der Waals surface area contributed by atoms with Gasteiger partial charge in [-0.05, 0) is 61.8 Å². The molecule has 3 nitrogen and oxygen atoms in total. The highest BCUT2D eigenvalue weighted by Gasteiger charge is 2.26. The predicted molar refractivity (Wildman–Crippen MR) is 80.4 cm³/mol. The van der Waals surface area contributed by atoms with Crippen LogP contribution in [0, 0.1) is 17.7 Å². The summed E-state index contributed by atoms with van der Waals surface area (Å²) in [5.74, 6) is 1.34. The highest BCUT2D eigenvalue weighted by Crippen LogP contribution is 2.27. The number of likely N-dealkylation sites (tertiary alicyclic amines) is 1. The third-order valence-corrected chi connectivity index (χ3v) is 4.48. The second kappa shape index (κ2) is 6.56. The summed E-state index contributed by atoms with van der Waals surface area (Å²) < 4.78 is 12.9. The molecule has 0 bridgehead atoms. The first-order valence-electron chi connectivity index (χ1n) is 7.93. The van der Waals surface area contributed by atoms with Gasteiger partial charge in [0, 0.05) is 13.1 Å². The smallest absolute Gasteiger partial charge is 0.236 e. The molecule has 2 fully saturated rings. The molecule has 1 saturated heterocycles. The van der Waals surface area contributed by atoms with Crippen molar-refractivity contribution in [2.45, 2.75) is 25.7 Å². The molecular weight excluding hydrogens is 267 g/mol. The fraction of sp³-hybridized carbons (Fsp3) is 0.588. The van der Waals surface area contributed by atoms with Crippen molar-refractivity contribution in [1.29, 1.82) is 0 Å². The Hall–Kier alpha value is -1.42. The zero-order valence-electron chi connectivity index (χ0n) is 12.4. The molecule has 114 valence electrons. The quantitative estimate of drug-likeness (QED) is 0.871. The second-order valence-electron chi connectivity index (χ2n) is 6.40. The normalized spacial score (nSPS) is 21.8. The third kappa shape index (κ3) is 4.27. The van der Waals surface area contributed by atoms with Crippen LogP contribution in [0.2, 0.25) is 0 Å². The summed E-state index contributed by atoms with van der Waals surface area (Å²) in [5.41, 5.74) is 1.16. The first-order valence-corrected chi connectivity index (χ1v) is 7.93. The van der Waals surface area contributed by atoms with Crippen molar-refractivity contribution in [2.24, 2.45) is 11.8 Å². The van der Waals surface area contributed by atoms with Crippen molar-refractivity contribution in [1.82, 2.24) is 10.2 Å². The zero-order chi connectivity index (χ0) is 14.7. The molecule has 2 aliphatic rings. The van der Waals surface area contributed by atoms with Gasteiger partial charge in [0.2, 0.25) is 5.91 Å². The monoisotopic (exact) mass is 290 g/mol. The van der Waals surface area contributed by atoms with E-state index in [9.17, 15) is 9.18 Å². The molecule has 1 heterocycles. The Morgan fingerprint density at radius 1 is 1.19 bits per heavy atom. The predicted octanol–water partition coefficient (Wildman–Crippen LogP) is 2.22. The Labute approximate surface area is 125 Å². The van der Waals surface area contributed by atoms with E-state index in [-0.39, 0.29) is 11.7 Å². The van der Waals surface area contributed by atoms with Gasteiger partial charge in [-0.1, -0.05) is 12.1 Å². The maximum atomic E-state index is 12.9. The Kier molecular flexibility index (Phi) is 4.54. The first-order chi connectivity index (χ1) is 10.2. The summed E-state index contributed by atoms with van der Waals surface area (Å²) >= 11 is 0. The molecule has 1 aromatic carbocycles. The number of hydrogen-bond acceptors (Lipinski definition) is 2. The first kappa shape index (κ1) is 14.5. The molecule has 0 aromatic heterocycles. The summed E-state index contributed by atoms with van der Waals surface area (Å²) in [6.45, 7) is 3.15. The average Bonchev–Trinajstić information content (AvgIpc) is 3.18. The summed E-state index contributed by atoms with van der Waals surface area (Å²) in [6.07, 6.45) is 4.60. The number of benzene rings is 1. The number of carbonyl (C=O) groups excluding carboxylic acids is 1. The fourth-order valence-corrected chi connectivity index (χ4v) is 3.00. The Morgan fingerprint density at radius 3 is 2.67 bits per heavy atom. The third-order valence-electron chi connectivity index (χ3n) is 4.48. The van der Waals surface area contributed by atoms with Crippen LogP contribution in [0.3, 0.4) is 0 Å². The van der Waals surface area contributed by atoms with Crippen LogP contribution in [0.1, 0.15) is 24.8 Å². The Balaban J connectivity index is 1.41. The van der Waals surface area contributed by atoms with E-state index in [0.717, 1.165) is 44.0 Å². The fourth-order valence-electron chi connectivity index (χ4n) is 3.00. The van der Waals surface area contributed by atoms with Crippen molar-refractivity contribution in [2.75, 3.05) is 26.2 Å². The summed E-state index contributed by atoms with van der Waals surface area (Å²) in [7, 11) is 0. The molecule has 1 aliphatic carbocycles. The van der Waals surface area contributed by atoms with Crippen LogP contribution < -0.4 is 5.32 Å². The molecule has 1 amide bonds. The van der Waals surface area contributed by atoms with Crippen molar-refractivity contribution < 1.29 is 9.18 Å².